The molecule has 0 radical (unpaired) electrons. The summed E-state index contributed by atoms with van der Waals surface area (Å²) in [6.07, 6.45) is 6.08. The molecular formula is C14H26. The van der Waals surface area contributed by atoms with Gasteiger partial charge >= 0.3 is 0 Å². The first kappa shape index (κ1) is 10.5. The number of rotatable bonds is 1. The van der Waals surface area contributed by atoms with Crippen LogP contribution in [0.15, 0.2) is 0 Å². The molecule has 2 aliphatic carbocycles. The summed E-state index contributed by atoms with van der Waals surface area (Å²) in [7, 11) is 0. The van der Waals surface area contributed by atoms with Gasteiger partial charge in [0.05, 0.1) is 0 Å². The summed E-state index contributed by atoms with van der Waals surface area (Å²) in [6, 6.07) is 0. The van der Waals surface area contributed by atoms with Crippen molar-refractivity contribution >= 4 is 0 Å². The van der Waals surface area contributed by atoms with Gasteiger partial charge in [0.2, 0.25) is 0 Å². The van der Waals surface area contributed by atoms with Gasteiger partial charge in [0.1, 0.15) is 0 Å². The fourth-order valence-electron chi connectivity index (χ4n) is 4.46. The zero-order chi connectivity index (χ0) is 10.3. The third kappa shape index (κ3) is 1.73. The van der Waals surface area contributed by atoms with Crippen molar-refractivity contribution < 1.29 is 0 Å². The highest BCUT2D eigenvalue weighted by Crippen LogP contribution is 2.52. The molecule has 0 aromatic heterocycles. The highest BCUT2D eigenvalue weighted by Gasteiger charge is 2.44. The minimum Gasteiger partial charge on any atom is -0.0625 e. The molecule has 0 saturated heterocycles. The molecule has 0 aromatic carbocycles. The quantitative estimate of drug-likeness (QED) is 0.582. The number of hydrogen-bond donors (Lipinski definition) is 0. The molecule has 5 atom stereocenters. The van der Waals surface area contributed by atoms with Crippen molar-refractivity contribution in [2.24, 2.45) is 35.5 Å². The summed E-state index contributed by atoms with van der Waals surface area (Å²) < 4.78 is 0. The van der Waals surface area contributed by atoms with Crippen LogP contribution in [0.1, 0.15) is 53.4 Å². The maximum absolute atomic E-state index is 2.49. The Bertz CT molecular complexity index is 194. The minimum atomic E-state index is 0.908. The van der Waals surface area contributed by atoms with E-state index < -0.39 is 0 Å². The molecule has 14 heavy (non-hydrogen) atoms. The van der Waals surface area contributed by atoms with E-state index in [0.717, 1.165) is 35.5 Å². The summed E-state index contributed by atoms with van der Waals surface area (Å²) in [5, 5.41) is 0. The van der Waals surface area contributed by atoms with Crippen LogP contribution in [0.3, 0.4) is 0 Å². The first-order valence-electron chi connectivity index (χ1n) is 6.59. The van der Waals surface area contributed by atoms with Gasteiger partial charge in [-0.15, -0.1) is 0 Å². The predicted molar refractivity (Wildman–Crippen MR) is 62.1 cm³/mol. The smallest absolute Gasteiger partial charge is 0.0334 e. The molecule has 0 N–H and O–H groups in total. The molecule has 0 heterocycles. The highest BCUT2D eigenvalue weighted by molar-refractivity contribution is 4.93. The van der Waals surface area contributed by atoms with Crippen molar-refractivity contribution in [2.45, 2.75) is 53.4 Å². The van der Waals surface area contributed by atoms with Crippen LogP contribution < -0.4 is 0 Å². The third-order valence-corrected chi connectivity index (χ3v) is 4.91. The van der Waals surface area contributed by atoms with E-state index in [0.29, 0.717) is 0 Å². The Morgan fingerprint density at radius 1 is 1.00 bits per heavy atom. The maximum Gasteiger partial charge on any atom is -0.0334 e. The largest absolute Gasteiger partial charge is 0.0625 e. The van der Waals surface area contributed by atoms with Gasteiger partial charge in [-0.3, -0.25) is 0 Å². The van der Waals surface area contributed by atoms with Crippen LogP contribution in [-0.4, -0.2) is 0 Å². The fourth-order valence-corrected chi connectivity index (χ4v) is 4.46. The van der Waals surface area contributed by atoms with E-state index in [1.165, 1.54) is 25.7 Å². The van der Waals surface area contributed by atoms with Gasteiger partial charge in [0, 0.05) is 0 Å². The van der Waals surface area contributed by atoms with Crippen LogP contribution in [0.25, 0.3) is 0 Å². The van der Waals surface area contributed by atoms with Crippen molar-refractivity contribution in [3.8, 4) is 0 Å². The Morgan fingerprint density at radius 3 is 2.36 bits per heavy atom. The van der Waals surface area contributed by atoms with E-state index in [-0.39, 0.29) is 0 Å². The van der Waals surface area contributed by atoms with Gasteiger partial charge in [0.25, 0.3) is 0 Å². The van der Waals surface area contributed by atoms with Crippen LogP contribution in [-0.2, 0) is 0 Å². The van der Waals surface area contributed by atoms with Gasteiger partial charge in [-0.25, -0.2) is 0 Å². The Labute approximate surface area is 89.5 Å². The fraction of sp³-hybridized carbons (Fsp3) is 1.00. The van der Waals surface area contributed by atoms with E-state index in [9.17, 15) is 0 Å². The van der Waals surface area contributed by atoms with Crippen LogP contribution >= 0.6 is 0 Å². The third-order valence-electron chi connectivity index (χ3n) is 4.91. The van der Waals surface area contributed by atoms with Crippen molar-refractivity contribution in [3.63, 3.8) is 0 Å². The Balaban J connectivity index is 2.10. The molecule has 2 aliphatic rings. The standard InChI is InChI=1S/C14H26/c1-9(2)14-11(4)8-12-6-5-10(3)7-13(12)14/h9-14H,5-8H2,1-4H3. The zero-order valence-electron chi connectivity index (χ0n) is 10.3. The van der Waals surface area contributed by atoms with Crippen LogP contribution in [0.2, 0.25) is 0 Å². The first-order valence-corrected chi connectivity index (χ1v) is 6.59. The SMILES string of the molecule is CC1CCC2CC(C)C(C(C)C)C2C1. The number of fused-ring (bicyclic) bond motifs is 1. The first-order chi connectivity index (χ1) is 6.59. The molecule has 0 aliphatic heterocycles. The molecule has 0 amide bonds. The second-order valence-corrected chi connectivity index (χ2v) is 6.38. The predicted octanol–water partition coefficient (Wildman–Crippen LogP) is 4.35. The lowest BCUT2D eigenvalue weighted by Crippen LogP contribution is -2.27. The average molecular weight is 194 g/mol. The van der Waals surface area contributed by atoms with E-state index >= 15 is 0 Å². The lowest BCUT2D eigenvalue weighted by molar-refractivity contribution is 0.146. The highest BCUT2D eigenvalue weighted by atomic mass is 14.5. The van der Waals surface area contributed by atoms with Crippen molar-refractivity contribution in [3.05, 3.63) is 0 Å². The second-order valence-electron chi connectivity index (χ2n) is 6.38. The molecule has 2 fully saturated rings. The topological polar surface area (TPSA) is 0 Å². The van der Waals surface area contributed by atoms with Gasteiger partial charge in [0.15, 0.2) is 0 Å². The molecule has 2 saturated carbocycles. The number of hydrogen-bond acceptors (Lipinski definition) is 0. The second kappa shape index (κ2) is 3.87. The maximum atomic E-state index is 2.49. The molecule has 0 bridgehead atoms. The normalized spacial score (nSPS) is 48.2. The van der Waals surface area contributed by atoms with Crippen LogP contribution in [0, 0.1) is 35.5 Å². The zero-order valence-corrected chi connectivity index (χ0v) is 10.3. The van der Waals surface area contributed by atoms with Gasteiger partial charge in [-0.05, 0) is 54.8 Å². The molecule has 2 rings (SSSR count). The van der Waals surface area contributed by atoms with Crippen molar-refractivity contribution in [1.29, 1.82) is 0 Å². The van der Waals surface area contributed by atoms with Crippen molar-refractivity contribution in [2.75, 3.05) is 0 Å². The van der Waals surface area contributed by atoms with E-state index in [1.54, 1.807) is 0 Å². The summed E-state index contributed by atoms with van der Waals surface area (Å²) >= 11 is 0. The summed E-state index contributed by atoms with van der Waals surface area (Å²) in [5.41, 5.74) is 0. The Hall–Kier alpha value is 0. The minimum absolute atomic E-state index is 0.908. The molecule has 0 spiro atoms. The lowest BCUT2D eigenvalue weighted by Gasteiger charge is -2.35. The van der Waals surface area contributed by atoms with E-state index in [4.69, 9.17) is 0 Å². The lowest BCUT2D eigenvalue weighted by atomic mass is 9.70. The molecule has 0 nitrogen and oxygen atoms in total. The van der Waals surface area contributed by atoms with Crippen LogP contribution in [0.4, 0.5) is 0 Å². The monoisotopic (exact) mass is 194 g/mol. The Kier molecular flexibility index (Phi) is 2.91. The Morgan fingerprint density at radius 2 is 1.71 bits per heavy atom. The summed E-state index contributed by atoms with van der Waals surface area (Å²) in [5.74, 6) is 6.11. The van der Waals surface area contributed by atoms with E-state index in [2.05, 4.69) is 27.7 Å². The van der Waals surface area contributed by atoms with E-state index in [1.807, 2.05) is 0 Å². The van der Waals surface area contributed by atoms with Crippen molar-refractivity contribution in [1.82, 2.24) is 0 Å². The van der Waals surface area contributed by atoms with Gasteiger partial charge < -0.3 is 0 Å². The molecule has 82 valence electrons. The molecular weight excluding hydrogens is 168 g/mol. The summed E-state index contributed by atoms with van der Waals surface area (Å²) in [6.45, 7) is 9.82. The van der Waals surface area contributed by atoms with Crippen LogP contribution in [0.5, 0.6) is 0 Å². The summed E-state index contributed by atoms with van der Waals surface area (Å²) in [4.78, 5) is 0. The average Bonchev–Trinajstić information content (AvgIpc) is 2.40. The molecule has 0 aromatic rings. The molecule has 0 heteroatoms. The van der Waals surface area contributed by atoms with Gasteiger partial charge in [-0.2, -0.15) is 0 Å². The van der Waals surface area contributed by atoms with Gasteiger partial charge in [-0.1, -0.05) is 34.1 Å². The molecule has 5 unspecified atom stereocenters.